The van der Waals surface area contributed by atoms with E-state index in [-0.39, 0.29) is 18.2 Å². The number of hydrogen-bond donors (Lipinski definition) is 2. The van der Waals surface area contributed by atoms with Crippen molar-refractivity contribution < 1.29 is 19.1 Å². The minimum Gasteiger partial charge on any atom is -0.444 e. The van der Waals surface area contributed by atoms with Crippen LogP contribution in [0, 0.1) is 0 Å². The predicted octanol–water partition coefficient (Wildman–Crippen LogP) is 1.96. The second-order valence-corrected chi connectivity index (χ2v) is 8.65. The lowest BCUT2D eigenvalue weighted by atomic mass is 10.1. The van der Waals surface area contributed by atoms with Gasteiger partial charge in [0.05, 0.1) is 6.04 Å². The molecule has 2 N–H and O–H groups in total. The molecule has 0 bridgehead atoms. The van der Waals surface area contributed by atoms with Crippen LogP contribution in [-0.4, -0.2) is 72.5 Å². The molecule has 146 valence electrons. The highest BCUT2D eigenvalue weighted by Crippen LogP contribution is 2.23. The van der Waals surface area contributed by atoms with Gasteiger partial charge in [0, 0.05) is 19.1 Å². The van der Waals surface area contributed by atoms with Crippen LogP contribution >= 0.6 is 0 Å². The van der Waals surface area contributed by atoms with Crippen LogP contribution in [-0.2, 0) is 9.47 Å². The highest BCUT2D eigenvalue weighted by atomic mass is 16.6. The molecule has 8 nitrogen and oxygen atoms in total. The lowest BCUT2D eigenvalue weighted by Gasteiger charge is -2.29. The fraction of sp³-hybridized carbons (Fsp3) is 0.882. The van der Waals surface area contributed by atoms with E-state index in [1.165, 1.54) is 0 Å². The number of likely N-dealkylation sites (tertiary alicyclic amines) is 1. The van der Waals surface area contributed by atoms with E-state index < -0.39 is 17.3 Å². The summed E-state index contributed by atoms with van der Waals surface area (Å²) in [6.45, 7) is 12.0. The molecule has 1 aliphatic rings. The molecule has 0 saturated carbocycles. The zero-order valence-electron chi connectivity index (χ0n) is 16.8. The molecule has 1 saturated heterocycles. The maximum atomic E-state index is 12.5. The Hall–Kier alpha value is -1.54. The Kier molecular flexibility index (Phi) is 7.08. The number of amides is 2. The van der Waals surface area contributed by atoms with Crippen molar-refractivity contribution in [2.75, 3.05) is 27.2 Å². The molecule has 25 heavy (non-hydrogen) atoms. The molecule has 1 aliphatic heterocycles. The monoisotopic (exact) mass is 358 g/mol. The van der Waals surface area contributed by atoms with Crippen LogP contribution in [0.25, 0.3) is 0 Å². The van der Waals surface area contributed by atoms with E-state index in [0.29, 0.717) is 13.1 Å². The van der Waals surface area contributed by atoms with Gasteiger partial charge in [-0.1, -0.05) is 0 Å². The van der Waals surface area contributed by atoms with Gasteiger partial charge < -0.3 is 19.3 Å². The van der Waals surface area contributed by atoms with Crippen molar-refractivity contribution in [1.29, 1.82) is 0 Å². The standard InChI is InChI=1S/C17H34N4O4/c1-16(2,3)24-14(22)19-18-10-12-9-13(20(7)8)11-21(12)15(23)25-17(4,5)6/h12-13,18H,9-11H2,1-8H3,(H,19,22)/t12-,13-/m0/s1. The van der Waals surface area contributed by atoms with E-state index in [2.05, 4.69) is 15.8 Å². The third kappa shape index (κ3) is 7.92. The van der Waals surface area contributed by atoms with Gasteiger partial charge >= 0.3 is 12.2 Å². The Labute approximate surface area is 151 Å². The van der Waals surface area contributed by atoms with Gasteiger partial charge in [-0.3, -0.25) is 5.43 Å². The molecular formula is C17H34N4O4. The van der Waals surface area contributed by atoms with Crippen molar-refractivity contribution in [3.63, 3.8) is 0 Å². The molecular weight excluding hydrogens is 324 g/mol. The van der Waals surface area contributed by atoms with Crippen LogP contribution in [0.5, 0.6) is 0 Å². The minimum atomic E-state index is -0.558. The van der Waals surface area contributed by atoms with E-state index in [1.54, 1.807) is 25.7 Å². The second kappa shape index (κ2) is 8.23. The van der Waals surface area contributed by atoms with Gasteiger partial charge in [-0.15, -0.1) is 0 Å². The van der Waals surface area contributed by atoms with Crippen LogP contribution in [0.1, 0.15) is 48.0 Å². The lowest BCUT2D eigenvalue weighted by Crippen LogP contribution is -2.49. The topological polar surface area (TPSA) is 83.1 Å². The fourth-order valence-corrected chi connectivity index (χ4v) is 2.55. The van der Waals surface area contributed by atoms with E-state index in [1.807, 2.05) is 34.9 Å². The molecule has 8 heteroatoms. The van der Waals surface area contributed by atoms with Crippen LogP contribution in [0.2, 0.25) is 0 Å². The molecule has 1 heterocycles. The number of ether oxygens (including phenoxy) is 2. The number of likely N-dealkylation sites (N-methyl/N-ethyl adjacent to an activating group) is 1. The molecule has 0 aromatic rings. The quantitative estimate of drug-likeness (QED) is 0.748. The molecule has 0 spiro atoms. The van der Waals surface area contributed by atoms with E-state index in [9.17, 15) is 9.59 Å². The van der Waals surface area contributed by atoms with E-state index >= 15 is 0 Å². The summed E-state index contributed by atoms with van der Waals surface area (Å²) < 4.78 is 10.7. The maximum Gasteiger partial charge on any atom is 0.422 e. The zero-order valence-corrected chi connectivity index (χ0v) is 16.8. The molecule has 0 aromatic heterocycles. The summed E-state index contributed by atoms with van der Waals surface area (Å²) in [5.41, 5.74) is 4.28. The Morgan fingerprint density at radius 3 is 2.12 bits per heavy atom. The SMILES string of the molecule is CN(C)[C@H]1C[C@@H](CNNC(=O)OC(C)(C)C)N(C(=O)OC(C)(C)C)C1. The third-order valence-electron chi connectivity index (χ3n) is 3.68. The van der Waals surface area contributed by atoms with Crippen LogP contribution in [0.3, 0.4) is 0 Å². The second-order valence-electron chi connectivity index (χ2n) is 8.65. The first-order chi connectivity index (χ1) is 11.3. The van der Waals surface area contributed by atoms with Gasteiger partial charge in [0.15, 0.2) is 0 Å². The average molecular weight is 358 g/mol. The predicted molar refractivity (Wildman–Crippen MR) is 96.2 cm³/mol. The van der Waals surface area contributed by atoms with Crippen molar-refractivity contribution >= 4 is 12.2 Å². The number of hydrazine groups is 1. The van der Waals surface area contributed by atoms with Gasteiger partial charge in [0.2, 0.25) is 0 Å². The minimum absolute atomic E-state index is 0.0720. The largest absolute Gasteiger partial charge is 0.444 e. The van der Waals surface area contributed by atoms with Crippen LogP contribution in [0.4, 0.5) is 9.59 Å². The number of rotatable bonds is 4. The van der Waals surface area contributed by atoms with Crippen molar-refractivity contribution in [3.8, 4) is 0 Å². The first-order valence-corrected chi connectivity index (χ1v) is 8.66. The Morgan fingerprint density at radius 2 is 1.64 bits per heavy atom. The summed E-state index contributed by atoms with van der Waals surface area (Å²) in [5, 5.41) is 0. The summed E-state index contributed by atoms with van der Waals surface area (Å²) in [6.07, 6.45) is -0.0747. The van der Waals surface area contributed by atoms with Gasteiger partial charge in [-0.05, 0) is 62.1 Å². The molecule has 2 amide bonds. The third-order valence-corrected chi connectivity index (χ3v) is 3.68. The zero-order chi connectivity index (χ0) is 19.4. The van der Waals surface area contributed by atoms with E-state index in [0.717, 1.165) is 6.42 Å². The summed E-state index contributed by atoms with van der Waals surface area (Å²) in [7, 11) is 3.99. The lowest BCUT2D eigenvalue weighted by molar-refractivity contribution is 0.0215. The van der Waals surface area contributed by atoms with Crippen molar-refractivity contribution in [2.24, 2.45) is 0 Å². The van der Waals surface area contributed by atoms with Gasteiger partial charge in [0.25, 0.3) is 0 Å². The fourth-order valence-electron chi connectivity index (χ4n) is 2.55. The average Bonchev–Trinajstić information content (AvgIpc) is 2.78. The Balaban J connectivity index is 2.61. The highest BCUT2D eigenvalue weighted by Gasteiger charge is 2.38. The smallest absolute Gasteiger partial charge is 0.422 e. The normalized spacial score (nSPS) is 21.4. The molecule has 0 unspecified atom stereocenters. The van der Waals surface area contributed by atoms with E-state index in [4.69, 9.17) is 9.47 Å². The summed E-state index contributed by atoms with van der Waals surface area (Å²) in [6, 6.07) is 0.179. The highest BCUT2D eigenvalue weighted by molar-refractivity contribution is 5.69. The molecule has 0 radical (unpaired) electrons. The molecule has 1 rings (SSSR count). The van der Waals surface area contributed by atoms with Gasteiger partial charge in [-0.25, -0.2) is 15.0 Å². The van der Waals surface area contributed by atoms with Crippen molar-refractivity contribution in [1.82, 2.24) is 20.7 Å². The summed E-state index contributed by atoms with van der Waals surface area (Å²) in [4.78, 5) is 28.0. The van der Waals surface area contributed by atoms with Gasteiger partial charge in [-0.2, -0.15) is 0 Å². The molecule has 0 aliphatic carbocycles. The molecule has 1 fully saturated rings. The van der Waals surface area contributed by atoms with Crippen LogP contribution < -0.4 is 10.9 Å². The number of carbonyl (C=O) groups is 2. The number of carbonyl (C=O) groups excluding carboxylic acids is 2. The van der Waals surface area contributed by atoms with Crippen molar-refractivity contribution in [2.45, 2.75) is 71.2 Å². The maximum absolute atomic E-state index is 12.5. The number of nitrogens with one attached hydrogen (secondary N) is 2. The first-order valence-electron chi connectivity index (χ1n) is 8.66. The summed E-state index contributed by atoms with van der Waals surface area (Å²) in [5.74, 6) is 0. The first kappa shape index (κ1) is 21.5. The summed E-state index contributed by atoms with van der Waals surface area (Å²) >= 11 is 0. The number of hydrogen-bond acceptors (Lipinski definition) is 6. The number of nitrogens with zero attached hydrogens (tertiary/aromatic N) is 2. The van der Waals surface area contributed by atoms with Crippen molar-refractivity contribution in [3.05, 3.63) is 0 Å². The van der Waals surface area contributed by atoms with Gasteiger partial charge in [0.1, 0.15) is 11.2 Å². The van der Waals surface area contributed by atoms with Crippen LogP contribution in [0.15, 0.2) is 0 Å². The molecule has 2 atom stereocenters. The Morgan fingerprint density at radius 1 is 1.08 bits per heavy atom. The molecule has 0 aromatic carbocycles. The Bertz CT molecular complexity index is 468.